The topological polar surface area (TPSA) is 88.5 Å². The molecule has 2 aromatic rings. The second-order valence-corrected chi connectivity index (χ2v) is 6.45. The normalized spacial score (nSPS) is 10.6. The highest BCUT2D eigenvalue weighted by Gasteiger charge is 2.12. The molecule has 0 aliphatic rings. The molecule has 0 aliphatic carbocycles. The summed E-state index contributed by atoms with van der Waals surface area (Å²) in [7, 11) is 0. The molecule has 0 fully saturated rings. The van der Waals surface area contributed by atoms with E-state index in [0.717, 1.165) is 10.6 Å². The summed E-state index contributed by atoms with van der Waals surface area (Å²) in [6.07, 6.45) is 0.673. The van der Waals surface area contributed by atoms with Gasteiger partial charge in [0.2, 0.25) is 0 Å². The quantitative estimate of drug-likeness (QED) is 0.766. The number of benzene rings is 1. The maximum atomic E-state index is 12.0. The van der Waals surface area contributed by atoms with Crippen molar-refractivity contribution >= 4 is 23.2 Å². The van der Waals surface area contributed by atoms with Gasteiger partial charge in [-0.3, -0.25) is 4.79 Å². The predicted molar refractivity (Wildman–Crippen MR) is 91.8 cm³/mol. The minimum Gasteiger partial charge on any atom is -0.482 e. The molecule has 1 aromatic heterocycles. The molecule has 0 unspecified atom stereocenters. The molecule has 1 heterocycles. The number of carbonyl (C=O) groups excluding carboxylic acids is 1. The summed E-state index contributed by atoms with van der Waals surface area (Å²) >= 11 is 1.50. The highest BCUT2D eigenvalue weighted by molar-refractivity contribution is 7.09. The summed E-state index contributed by atoms with van der Waals surface area (Å²) in [6.45, 7) is 4.23. The molecule has 6 nitrogen and oxygen atoms in total. The third kappa shape index (κ3) is 5.34. The number of nitrogens with zero attached hydrogens (tertiary/aromatic N) is 1. The maximum absolute atomic E-state index is 12.0. The zero-order valence-corrected chi connectivity index (χ0v) is 14.4. The highest BCUT2D eigenvalue weighted by Crippen LogP contribution is 2.19. The van der Waals surface area contributed by atoms with Gasteiger partial charge in [0.1, 0.15) is 11.4 Å². The van der Waals surface area contributed by atoms with E-state index in [1.165, 1.54) is 11.3 Å². The number of carboxylic acid groups (broad SMARTS) is 1. The van der Waals surface area contributed by atoms with Crippen molar-refractivity contribution in [3.05, 3.63) is 45.9 Å². The number of hydrogen-bond donors (Lipinski definition) is 2. The van der Waals surface area contributed by atoms with Crippen LogP contribution >= 0.6 is 11.3 Å². The van der Waals surface area contributed by atoms with Crippen LogP contribution in [0.4, 0.5) is 0 Å². The average molecular weight is 348 g/mol. The number of aliphatic carboxylic acids is 1. The molecular weight excluding hydrogens is 328 g/mol. The number of ether oxygens (including phenoxy) is 1. The summed E-state index contributed by atoms with van der Waals surface area (Å²) < 4.78 is 5.07. The lowest BCUT2D eigenvalue weighted by Gasteiger charge is -2.06. The molecule has 24 heavy (non-hydrogen) atoms. The van der Waals surface area contributed by atoms with Crippen molar-refractivity contribution in [3.8, 4) is 5.75 Å². The molecule has 0 spiro atoms. The van der Waals surface area contributed by atoms with Gasteiger partial charge in [-0.2, -0.15) is 0 Å². The molecule has 1 amide bonds. The Kier molecular flexibility index (Phi) is 6.31. The molecule has 0 atom stereocenters. The number of thiazole rings is 1. The minimum absolute atomic E-state index is 0.167. The van der Waals surface area contributed by atoms with Gasteiger partial charge in [0, 0.05) is 17.8 Å². The second kappa shape index (κ2) is 8.44. The molecule has 0 saturated heterocycles. The number of aromatic nitrogens is 1. The number of carboxylic acids is 1. The molecule has 2 N–H and O–H groups in total. The summed E-state index contributed by atoms with van der Waals surface area (Å²) in [5.74, 6) is -0.351. The van der Waals surface area contributed by atoms with Gasteiger partial charge in [0.25, 0.3) is 5.91 Å². The van der Waals surface area contributed by atoms with E-state index in [4.69, 9.17) is 9.84 Å². The second-order valence-electron chi connectivity index (χ2n) is 5.56. The number of nitrogens with one attached hydrogen (secondary N) is 1. The van der Waals surface area contributed by atoms with Crippen molar-refractivity contribution in [2.24, 2.45) is 0 Å². The monoisotopic (exact) mass is 348 g/mol. The molecule has 0 radical (unpaired) electrons. The molecule has 128 valence electrons. The van der Waals surface area contributed by atoms with Crippen LogP contribution in [0, 0.1) is 0 Å². The Morgan fingerprint density at radius 3 is 2.58 bits per heavy atom. The van der Waals surface area contributed by atoms with Gasteiger partial charge in [-0.15, -0.1) is 11.3 Å². The van der Waals surface area contributed by atoms with Crippen LogP contribution in [0.1, 0.15) is 40.8 Å². The third-order valence-electron chi connectivity index (χ3n) is 3.23. The Hall–Kier alpha value is -2.41. The van der Waals surface area contributed by atoms with Gasteiger partial charge in [-0.25, -0.2) is 9.78 Å². The van der Waals surface area contributed by atoms with E-state index >= 15 is 0 Å². The van der Waals surface area contributed by atoms with Crippen molar-refractivity contribution in [1.29, 1.82) is 0 Å². The van der Waals surface area contributed by atoms with Crippen LogP contribution in [0.2, 0.25) is 0 Å². The Morgan fingerprint density at radius 1 is 1.29 bits per heavy atom. The SMILES string of the molecule is CC(C)c1nc(C(=O)NCCc2ccc(OCC(=O)O)cc2)cs1. The average Bonchev–Trinajstić information content (AvgIpc) is 3.04. The largest absolute Gasteiger partial charge is 0.482 e. The predicted octanol–water partition coefficient (Wildman–Crippen LogP) is 2.70. The minimum atomic E-state index is -1.01. The lowest BCUT2D eigenvalue weighted by molar-refractivity contribution is -0.139. The molecule has 1 aromatic carbocycles. The Balaban J connectivity index is 1.78. The van der Waals surface area contributed by atoms with Crippen LogP contribution in [0.25, 0.3) is 0 Å². The van der Waals surface area contributed by atoms with Crippen molar-refractivity contribution < 1.29 is 19.4 Å². The highest BCUT2D eigenvalue weighted by atomic mass is 32.1. The van der Waals surface area contributed by atoms with E-state index in [1.54, 1.807) is 17.5 Å². The third-order valence-corrected chi connectivity index (χ3v) is 4.38. The summed E-state index contributed by atoms with van der Waals surface area (Å²) in [5, 5.41) is 14.1. The fourth-order valence-electron chi connectivity index (χ4n) is 1.97. The molecule has 0 aliphatic heterocycles. The smallest absolute Gasteiger partial charge is 0.341 e. The fraction of sp³-hybridized carbons (Fsp3) is 0.353. The Labute approximate surface area is 144 Å². The van der Waals surface area contributed by atoms with E-state index in [-0.39, 0.29) is 12.5 Å². The molecule has 0 bridgehead atoms. The number of amides is 1. The van der Waals surface area contributed by atoms with Gasteiger partial charge in [0.15, 0.2) is 6.61 Å². The van der Waals surface area contributed by atoms with Gasteiger partial charge < -0.3 is 15.2 Å². The van der Waals surface area contributed by atoms with Crippen LogP contribution in [0.3, 0.4) is 0 Å². The van der Waals surface area contributed by atoms with Crippen molar-refractivity contribution in [3.63, 3.8) is 0 Å². The first-order valence-electron chi connectivity index (χ1n) is 7.63. The molecule has 7 heteroatoms. The van der Waals surface area contributed by atoms with Crippen LogP contribution < -0.4 is 10.1 Å². The van der Waals surface area contributed by atoms with E-state index in [2.05, 4.69) is 10.3 Å². The molecule has 2 rings (SSSR count). The number of rotatable bonds is 8. The number of hydrogen-bond acceptors (Lipinski definition) is 5. The lowest BCUT2D eigenvalue weighted by atomic mass is 10.1. The van der Waals surface area contributed by atoms with E-state index in [9.17, 15) is 9.59 Å². The van der Waals surface area contributed by atoms with Gasteiger partial charge in [-0.1, -0.05) is 26.0 Å². The van der Waals surface area contributed by atoms with Gasteiger partial charge >= 0.3 is 5.97 Å². The summed E-state index contributed by atoms with van der Waals surface area (Å²) in [4.78, 5) is 26.8. The van der Waals surface area contributed by atoms with E-state index < -0.39 is 5.97 Å². The molecule has 0 saturated carbocycles. The first-order valence-corrected chi connectivity index (χ1v) is 8.51. The first-order chi connectivity index (χ1) is 11.5. The summed E-state index contributed by atoms with van der Waals surface area (Å²) in [6, 6.07) is 7.14. The zero-order chi connectivity index (χ0) is 17.5. The van der Waals surface area contributed by atoms with Crippen molar-refractivity contribution in [2.45, 2.75) is 26.2 Å². The van der Waals surface area contributed by atoms with Crippen LogP contribution in [0.15, 0.2) is 29.6 Å². The van der Waals surface area contributed by atoms with Crippen LogP contribution in [-0.2, 0) is 11.2 Å². The van der Waals surface area contributed by atoms with E-state index in [1.807, 2.05) is 26.0 Å². The van der Waals surface area contributed by atoms with Crippen molar-refractivity contribution in [2.75, 3.05) is 13.2 Å². The standard InChI is InChI=1S/C17H20N2O4S/c1-11(2)17-19-14(10-24-17)16(22)18-8-7-12-3-5-13(6-4-12)23-9-15(20)21/h3-6,10-11H,7-9H2,1-2H3,(H,18,22)(H,20,21). The van der Waals surface area contributed by atoms with Gasteiger partial charge in [-0.05, 0) is 24.1 Å². The lowest BCUT2D eigenvalue weighted by Crippen LogP contribution is -2.26. The first kappa shape index (κ1) is 17.9. The van der Waals surface area contributed by atoms with Crippen LogP contribution in [0.5, 0.6) is 5.75 Å². The van der Waals surface area contributed by atoms with Gasteiger partial charge in [0.05, 0.1) is 5.01 Å². The summed E-state index contributed by atoms with van der Waals surface area (Å²) in [5.41, 5.74) is 1.49. The van der Waals surface area contributed by atoms with Crippen molar-refractivity contribution in [1.82, 2.24) is 10.3 Å². The molecular formula is C17H20N2O4S. The fourth-order valence-corrected chi connectivity index (χ4v) is 2.78. The maximum Gasteiger partial charge on any atom is 0.341 e. The zero-order valence-electron chi connectivity index (χ0n) is 13.6. The number of carbonyl (C=O) groups is 2. The van der Waals surface area contributed by atoms with E-state index in [0.29, 0.717) is 30.3 Å². The van der Waals surface area contributed by atoms with Crippen LogP contribution in [-0.4, -0.2) is 35.1 Å². The Bertz CT molecular complexity index is 695. The Morgan fingerprint density at radius 2 is 2.00 bits per heavy atom.